The molecule has 2 rings (SSSR count). The topological polar surface area (TPSA) is 20.2 Å². The van der Waals surface area contributed by atoms with Crippen molar-refractivity contribution in [3.63, 3.8) is 0 Å². The number of hydrogen-bond donors (Lipinski definition) is 1. The summed E-state index contributed by atoms with van der Waals surface area (Å²) in [5.41, 5.74) is 3.14. The van der Waals surface area contributed by atoms with Crippen LogP contribution in [0, 0.1) is 5.41 Å². The number of aliphatic hydroxyl groups excluding tert-OH is 1. The Morgan fingerprint density at radius 1 is 1.12 bits per heavy atom. The fourth-order valence-corrected chi connectivity index (χ4v) is 2.67. The summed E-state index contributed by atoms with van der Waals surface area (Å²) in [6, 6.07) is 0. The zero-order valence-electron chi connectivity index (χ0n) is 9.95. The maximum absolute atomic E-state index is 9.05. The van der Waals surface area contributed by atoms with E-state index in [1.165, 1.54) is 11.1 Å². The molecule has 0 saturated carbocycles. The van der Waals surface area contributed by atoms with Crippen molar-refractivity contribution in [1.29, 1.82) is 0 Å². The van der Waals surface area contributed by atoms with Gasteiger partial charge in [0, 0.05) is 12.0 Å². The van der Waals surface area contributed by atoms with Crippen LogP contribution < -0.4 is 0 Å². The van der Waals surface area contributed by atoms with Gasteiger partial charge in [-0.3, -0.25) is 0 Å². The van der Waals surface area contributed by atoms with Gasteiger partial charge in [0.05, 0.1) is 0 Å². The third-order valence-electron chi connectivity index (χ3n) is 3.79. The molecule has 0 aliphatic heterocycles. The first kappa shape index (κ1) is 11.4. The molecule has 0 fully saturated rings. The lowest BCUT2D eigenvalue weighted by Crippen LogP contribution is -2.21. The monoisotopic (exact) mass is 216 g/mol. The van der Waals surface area contributed by atoms with E-state index in [0.29, 0.717) is 0 Å². The zero-order chi connectivity index (χ0) is 11.4. The average Bonchev–Trinajstić information content (AvgIpc) is 2.96. The van der Waals surface area contributed by atoms with E-state index in [0.717, 1.165) is 25.7 Å². The molecule has 1 heteroatoms. The van der Waals surface area contributed by atoms with Crippen LogP contribution in [0.4, 0.5) is 0 Å². The molecule has 86 valence electrons. The van der Waals surface area contributed by atoms with Crippen molar-refractivity contribution in [3.8, 4) is 0 Å². The molecule has 0 radical (unpaired) electrons. The fraction of sp³-hybridized carbons (Fsp3) is 0.467. The smallest absolute Gasteiger partial charge is 0.0431 e. The van der Waals surface area contributed by atoms with Crippen molar-refractivity contribution in [2.24, 2.45) is 5.41 Å². The van der Waals surface area contributed by atoms with Crippen molar-refractivity contribution in [1.82, 2.24) is 0 Å². The van der Waals surface area contributed by atoms with Crippen molar-refractivity contribution in [2.45, 2.75) is 32.6 Å². The molecule has 0 atom stereocenters. The Morgan fingerprint density at radius 2 is 1.69 bits per heavy atom. The largest absolute Gasteiger partial charge is 0.396 e. The third-order valence-corrected chi connectivity index (χ3v) is 3.79. The summed E-state index contributed by atoms with van der Waals surface area (Å²) in [6.07, 6.45) is 17.3. The maximum Gasteiger partial charge on any atom is 0.0431 e. The van der Waals surface area contributed by atoms with Crippen LogP contribution in [0.1, 0.15) is 32.6 Å². The quantitative estimate of drug-likeness (QED) is 0.745. The highest BCUT2D eigenvalue weighted by Crippen LogP contribution is 2.45. The predicted octanol–water partition coefficient (Wildman–Crippen LogP) is 3.54. The number of hydrogen-bond acceptors (Lipinski definition) is 1. The fourth-order valence-electron chi connectivity index (χ4n) is 2.67. The van der Waals surface area contributed by atoms with Crippen molar-refractivity contribution >= 4 is 0 Å². The minimum atomic E-state index is 0.149. The molecule has 2 aliphatic carbocycles. The van der Waals surface area contributed by atoms with E-state index >= 15 is 0 Å². The molecule has 0 amide bonds. The highest BCUT2D eigenvalue weighted by molar-refractivity contribution is 5.40. The summed E-state index contributed by atoms with van der Waals surface area (Å²) < 4.78 is 0. The van der Waals surface area contributed by atoms with E-state index in [1.807, 2.05) is 0 Å². The van der Waals surface area contributed by atoms with Gasteiger partial charge in [0.15, 0.2) is 0 Å². The first-order valence-corrected chi connectivity index (χ1v) is 6.10. The molecule has 0 aromatic heterocycles. The molecule has 2 aliphatic rings. The van der Waals surface area contributed by atoms with E-state index in [1.54, 1.807) is 0 Å². The van der Waals surface area contributed by atoms with Gasteiger partial charge in [-0.15, -0.1) is 0 Å². The minimum absolute atomic E-state index is 0.149. The number of rotatable bonds is 5. The van der Waals surface area contributed by atoms with E-state index in [4.69, 9.17) is 5.11 Å². The Bertz CT molecular complexity index is 339. The SMILES string of the molecule is CC(CCCO)(C1=CC=CC1)C1=CC=CC1. The highest BCUT2D eigenvalue weighted by Gasteiger charge is 2.32. The Balaban J connectivity index is 2.18. The van der Waals surface area contributed by atoms with Gasteiger partial charge in [-0.1, -0.05) is 54.5 Å². The van der Waals surface area contributed by atoms with Crippen molar-refractivity contribution < 1.29 is 5.11 Å². The van der Waals surface area contributed by atoms with Gasteiger partial charge < -0.3 is 5.11 Å². The van der Waals surface area contributed by atoms with Crippen molar-refractivity contribution in [2.75, 3.05) is 6.61 Å². The summed E-state index contributed by atoms with van der Waals surface area (Å²) in [5, 5.41) is 9.05. The minimum Gasteiger partial charge on any atom is -0.396 e. The molecule has 1 nitrogen and oxygen atoms in total. The van der Waals surface area contributed by atoms with Crippen LogP contribution in [0.25, 0.3) is 0 Å². The Kier molecular flexibility index (Phi) is 3.45. The van der Waals surface area contributed by atoms with E-state index < -0.39 is 0 Å². The lowest BCUT2D eigenvalue weighted by atomic mass is 9.71. The molecule has 0 aromatic rings. The van der Waals surface area contributed by atoms with Gasteiger partial charge in [0.2, 0.25) is 0 Å². The van der Waals surface area contributed by atoms with E-state index in [9.17, 15) is 0 Å². The number of allylic oxidation sites excluding steroid dienone is 8. The molecule has 0 saturated heterocycles. The normalized spacial score (nSPS) is 19.1. The molecular weight excluding hydrogens is 196 g/mol. The summed E-state index contributed by atoms with van der Waals surface area (Å²) in [7, 11) is 0. The second kappa shape index (κ2) is 4.84. The van der Waals surface area contributed by atoms with Gasteiger partial charge in [-0.2, -0.15) is 0 Å². The summed E-state index contributed by atoms with van der Waals surface area (Å²) >= 11 is 0. The molecule has 1 N–H and O–H groups in total. The first-order chi connectivity index (χ1) is 7.77. The van der Waals surface area contributed by atoms with Gasteiger partial charge in [0.1, 0.15) is 0 Å². The van der Waals surface area contributed by atoms with Crippen LogP contribution in [-0.4, -0.2) is 11.7 Å². The number of aliphatic hydroxyl groups is 1. The molecular formula is C15H20O. The standard InChI is InChI=1S/C15H20O/c1-15(11-6-12-16,13-7-2-3-8-13)14-9-4-5-10-14/h2-5,7,9,16H,6,8,10-12H2,1H3. The van der Waals surface area contributed by atoms with Crippen LogP contribution in [0.2, 0.25) is 0 Å². The summed E-state index contributed by atoms with van der Waals surface area (Å²) in [4.78, 5) is 0. The van der Waals surface area contributed by atoms with Crippen molar-refractivity contribution in [3.05, 3.63) is 47.6 Å². The molecule has 0 spiro atoms. The Hall–Kier alpha value is -1.08. The van der Waals surface area contributed by atoms with Gasteiger partial charge in [0.25, 0.3) is 0 Å². The lowest BCUT2D eigenvalue weighted by molar-refractivity contribution is 0.262. The van der Waals surface area contributed by atoms with Crippen LogP contribution in [0.15, 0.2) is 47.6 Å². The van der Waals surface area contributed by atoms with Crippen LogP contribution in [0.5, 0.6) is 0 Å². The highest BCUT2D eigenvalue weighted by atomic mass is 16.2. The van der Waals surface area contributed by atoms with E-state index in [-0.39, 0.29) is 12.0 Å². The molecule has 0 heterocycles. The average molecular weight is 216 g/mol. The van der Waals surface area contributed by atoms with Crippen LogP contribution in [-0.2, 0) is 0 Å². The van der Waals surface area contributed by atoms with Gasteiger partial charge >= 0.3 is 0 Å². The third kappa shape index (κ3) is 2.05. The first-order valence-electron chi connectivity index (χ1n) is 6.10. The predicted molar refractivity (Wildman–Crippen MR) is 68.1 cm³/mol. The molecule has 0 unspecified atom stereocenters. The molecule has 0 bridgehead atoms. The Labute approximate surface area is 97.9 Å². The van der Waals surface area contributed by atoms with Crippen LogP contribution in [0.3, 0.4) is 0 Å². The molecule has 0 aromatic carbocycles. The maximum atomic E-state index is 9.05. The Morgan fingerprint density at radius 3 is 2.06 bits per heavy atom. The summed E-state index contributed by atoms with van der Waals surface area (Å²) in [6.45, 7) is 2.61. The van der Waals surface area contributed by atoms with E-state index in [2.05, 4.69) is 43.4 Å². The zero-order valence-corrected chi connectivity index (χ0v) is 9.95. The van der Waals surface area contributed by atoms with Crippen LogP contribution >= 0.6 is 0 Å². The van der Waals surface area contributed by atoms with Gasteiger partial charge in [-0.05, 0) is 25.7 Å². The lowest BCUT2D eigenvalue weighted by Gasteiger charge is -2.33. The second-order valence-electron chi connectivity index (χ2n) is 4.81. The second-order valence-corrected chi connectivity index (χ2v) is 4.81. The molecule has 16 heavy (non-hydrogen) atoms. The summed E-state index contributed by atoms with van der Waals surface area (Å²) in [5.74, 6) is 0. The van der Waals surface area contributed by atoms with Gasteiger partial charge in [-0.25, -0.2) is 0 Å².